The molecule has 0 amide bonds. The lowest BCUT2D eigenvalue weighted by Gasteiger charge is -2.22. The number of nitrogens with zero attached hydrogens (tertiary/aromatic N) is 4. The van der Waals surface area contributed by atoms with Gasteiger partial charge >= 0.3 is 0 Å². The minimum Gasteiger partial charge on any atom is -0.493 e. The molecular weight excluding hydrogens is 282 g/mol. The number of hydrogen-bond acceptors (Lipinski definition) is 5. The minimum absolute atomic E-state index is 0.609. The lowest BCUT2D eigenvalue weighted by Crippen LogP contribution is -3.12. The molecule has 2 aromatic rings. The summed E-state index contributed by atoms with van der Waals surface area (Å²) in [6, 6.07) is 5.63. The van der Waals surface area contributed by atoms with Gasteiger partial charge < -0.3 is 14.4 Å². The van der Waals surface area contributed by atoms with Gasteiger partial charge in [0, 0.05) is 5.56 Å². The van der Waals surface area contributed by atoms with Crippen molar-refractivity contribution in [1.29, 1.82) is 0 Å². The first kappa shape index (κ1) is 14.8. The number of quaternary nitrogens is 1. The Morgan fingerprint density at radius 1 is 1.09 bits per heavy atom. The molecular formula is C15H22N5O2+. The highest BCUT2D eigenvalue weighted by atomic mass is 16.5. The number of ether oxygens (including phenoxy) is 2. The van der Waals surface area contributed by atoms with E-state index in [1.54, 1.807) is 19.0 Å². The molecule has 0 atom stereocenters. The zero-order valence-corrected chi connectivity index (χ0v) is 13.1. The summed E-state index contributed by atoms with van der Waals surface area (Å²) in [6.45, 7) is 3.15. The Balaban J connectivity index is 1.75. The molecule has 22 heavy (non-hydrogen) atoms. The van der Waals surface area contributed by atoms with Crippen LogP contribution in [0, 0.1) is 0 Å². The predicted octanol–water partition coefficient (Wildman–Crippen LogP) is 0.384. The van der Waals surface area contributed by atoms with Gasteiger partial charge in [-0.15, -0.1) is 15.0 Å². The summed E-state index contributed by atoms with van der Waals surface area (Å²) in [5, 5.41) is 12.8. The third-order valence-electron chi connectivity index (χ3n) is 4.02. The van der Waals surface area contributed by atoms with E-state index in [1.165, 1.54) is 37.3 Å². The number of rotatable bonds is 5. The number of piperidine rings is 1. The third-order valence-corrected chi connectivity index (χ3v) is 4.02. The van der Waals surface area contributed by atoms with Crippen LogP contribution < -0.4 is 14.4 Å². The number of aromatic nitrogens is 4. The SMILES string of the molecule is COc1ccc(-c2nnn(C[NH+]3CCCCC3)n2)cc1OC. The van der Waals surface area contributed by atoms with Gasteiger partial charge in [-0.2, -0.15) is 0 Å². The molecule has 2 heterocycles. The molecule has 0 unspecified atom stereocenters. The summed E-state index contributed by atoms with van der Waals surface area (Å²) in [5.74, 6) is 1.96. The van der Waals surface area contributed by atoms with Gasteiger partial charge in [0.15, 0.2) is 18.2 Å². The van der Waals surface area contributed by atoms with Crippen molar-refractivity contribution in [2.24, 2.45) is 0 Å². The molecule has 1 aliphatic heterocycles. The molecule has 1 saturated heterocycles. The number of nitrogens with one attached hydrogen (secondary N) is 1. The Bertz CT molecular complexity index is 622. The van der Waals surface area contributed by atoms with Gasteiger partial charge in [0.05, 0.1) is 27.3 Å². The molecule has 7 heteroatoms. The van der Waals surface area contributed by atoms with Gasteiger partial charge in [0.1, 0.15) is 0 Å². The van der Waals surface area contributed by atoms with Crippen molar-refractivity contribution in [2.45, 2.75) is 25.9 Å². The van der Waals surface area contributed by atoms with E-state index in [2.05, 4.69) is 15.4 Å². The Morgan fingerprint density at radius 3 is 2.59 bits per heavy atom. The van der Waals surface area contributed by atoms with Crippen LogP contribution in [0.1, 0.15) is 19.3 Å². The monoisotopic (exact) mass is 304 g/mol. The molecule has 1 aromatic carbocycles. The van der Waals surface area contributed by atoms with E-state index in [4.69, 9.17) is 9.47 Å². The molecule has 1 aliphatic rings. The fourth-order valence-corrected chi connectivity index (χ4v) is 2.81. The molecule has 0 saturated carbocycles. The first-order chi connectivity index (χ1) is 10.8. The Hall–Kier alpha value is -2.15. The van der Waals surface area contributed by atoms with Crippen molar-refractivity contribution in [2.75, 3.05) is 27.3 Å². The van der Waals surface area contributed by atoms with Gasteiger partial charge in [-0.05, 0) is 42.7 Å². The fourth-order valence-electron chi connectivity index (χ4n) is 2.81. The average molecular weight is 304 g/mol. The number of methoxy groups -OCH3 is 2. The molecule has 3 rings (SSSR count). The van der Waals surface area contributed by atoms with E-state index in [0.29, 0.717) is 17.3 Å². The molecule has 1 aromatic heterocycles. The standard InChI is InChI=1S/C15H21N5O2/c1-21-13-7-6-12(10-14(13)22-2)15-16-18-20(17-15)11-19-8-4-3-5-9-19/h6-7,10H,3-5,8-9,11H2,1-2H3/p+1. The van der Waals surface area contributed by atoms with E-state index in [-0.39, 0.29) is 0 Å². The van der Waals surface area contributed by atoms with Crippen LogP contribution in [-0.4, -0.2) is 47.5 Å². The van der Waals surface area contributed by atoms with Gasteiger partial charge in [0.25, 0.3) is 0 Å². The van der Waals surface area contributed by atoms with E-state index >= 15 is 0 Å². The van der Waals surface area contributed by atoms with Crippen molar-refractivity contribution in [1.82, 2.24) is 20.2 Å². The Kier molecular flexibility index (Phi) is 4.53. The van der Waals surface area contributed by atoms with Crippen molar-refractivity contribution in [3.8, 4) is 22.9 Å². The number of likely N-dealkylation sites (tertiary alicyclic amines) is 1. The van der Waals surface area contributed by atoms with Crippen LogP contribution in [-0.2, 0) is 6.67 Å². The van der Waals surface area contributed by atoms with Gasteiger partial charge in [-0.3, -0.25) is 0 Å². The van der Waals surface area contributed by atoms with Crippen molar-refractivity contribution in [3.63, 3.8) is 0 Å². The average Bonchev–Trinajstić information content (AvgIpc) is 3.03. The van der Waals surface area contributed by atoms with Crippen LogP contribution in [0.2, 0.25) is 0 Å². The first-order valence-electron chi connectivity index (χ1n) is 7.64. The van der Waals surface area contributed by atoms with Gasteiger partial charge in [-0.1, -0.05) is 0 Å². The van der Waals surface area contributed by atoms with Crippen LogP contribution in [0.3, 0.4) is 0 Å². The second kappa shape index (κ2) is 6.74. The molecule has 1 N–H and O–H groups in total. The zero-order chi connectivity index (χ0) is 15.4. The topological polar surface area (TPSA) is 66.5 Å². The summed E-state index contributed by atoms with van der Waals surface area (Å²) in [7, 11) is 3.24. The molecule has 0 spiro atoms. The van der Waals surface area contributed by atoms with Crippen LogP contribution in [0.15, 0.2) is 18.2 Å². The second-order valence-electron chi connectivity index (χ2n) is 5.52. The molecule has 0 aliphatic carbocycles. The van der Waals surface area contributed by atoms with Crippen LogP contribution >= 0.6 is 0 Å². The zero-order valence-electron chi connectivity index (χ0n) is 13.1. The van der Waals surface area contributed by atoms with Crippen molar-refractivity contribution < 1.29 is 14.4 Å². The van der Waals surface area contributed by atoms with Gasteiger partial charge in [-0.25, -0.2) is 0 Å². The van der Waals surface area contributed by atoms with Crippen LogP contribution in [0.25, 0.3) is 11.4 Å². The minimum atomic E-state index is 0.609. The smallest absolute Gasteiger partial charge is 0.205 e. The fraction of sp³-hybridized carbons (Fsp3) is 0.533. The summed E-state index contributed by atoms with van der Waals surface area (Å²) >= 11 is 0. The summed E-state index contributed by atoms with van der Waals surface area (Å²) in [5.41, 5.74) is 0.873. The lowest BCUT2D eigenvalue weighted by molar-refractivity contribution is -0.928. The molecule has 0 radical (unpaired) electrons. The number of hydrogen-bond donors (Lipinski definition) is 1. The highest BCUT2D eigenvalue weighted by molar-refractivity contribution is 5.60. The molecule has 7 nitrogen and oxygen atoms in total. The second-order valence-corrected chi connectivity index (χ2v) is 5.52. The van der Waals surface area contributed by atoms with Crippen LogP contribution in [0.5, 0.6) is 11.5 Å². The van der Waals surface area contributed by atoms with E-state index < -0.39 is 0 Å². The molecule has 0 bridgehead atoms. The maximum absolute atomic E-state index is 5.31. The normalized spacial score (nSPS) is 15.7. The Labute approximate surface area is 129 Å². The quantitative estimate of drug-likeness (QED) is 0.865. The third kappa shape index (κ3) is 3.19. The number of benzene rings is 1. The molecule has 1 fully saturated rings. The first-order valence-corrected chi connectivity index (χ1v) is 7.64. The summed E-state index contributed by atoms with van der Waals surface area (Å²) < 4.78 is 10.6. The predicted molar refractivity (Wildman–Crippen MR) is 80.9 cm³/mol. The van der Waals surface area contributed by atoms with E-state index in [1.807, 2.05) is 18.2 Å². The van der Waals surface area contributed by atoms with Gasteiger partial charge in [0.2, 0.25) is 5.82 Å². The lowest BCUT2D eigenvalue weighted by atomic mass is 10.1. The maximum atomic E-state index is 5.31. The maximum Gasteiger partial charge on any atom is 0.205 e. The highest BCUT2D eigenvalue weighted by Gasteiger charge is 2.16. The summed E-state index contributed by atoms with van der Waals surface area (Å²) in [6.07, 6.45) is 3.91. The van der Waals surface area contributed by atoms with Crippen molar-refractivity contribution >= 4 is 0 Å². The Morgan fingerprint density at radius 2 is 1.86 bits per heavy atom. The highest BCUT2D eigenvalue weighted by Crippen LogP contribution is 2.30. The van der Waals surface area contributed by atoms with E-state index in [9.17, 15) is 0 Å². The number of tetrazole rings is 1. The largest absolute Gasteiger partial charge is 0.493 e. The van der Waals surface area contributed by atoms with E-state index in [0.717, 1.165) is 12.2 Å². The van der Waals surface area contributed by atoms with Crippen LogP contribution in [0.4, 0.5) is 0 Å². The van der Waals surface area contributed by atoms with Crippen molar-refractivity contribution in [3.05, 3.63) is 18.2 Å². The molecule has 118 valence electrons. The summed E-state index contributed by atoms with van der Waals surface area (Å²) in [4.78, 5) is 3.20.